The van der Waals surface area contributed by atoms with E-state index < -0.39 is 0 Å². The fraction of sp³-hybridized carbons (Fsp3) is 0. The molecule has 0 heterocycles. The fourth-order valence-corrected chi connectivity index (χ4v) is 0. The zero-order chi connectivity index (χ0) is 0. The SMILES string of the molecule is [Ca+2].[Cl-].[Cl-].[Mg+2].[Na+]. The van der Waals surface area contributed by atoms with E-state index in [9.17, 15) is 0 Å². The summed E-state index contributed by atoms with van der Waals surface area (Å²) in [5.41, 5.74) is 0. The van der Waals surface area contributed by atoms with Crippen LogP contribution in [0.5, 0.6) is 0 Å². The Labute approximate surface area is 112 Å². The molecule has 0 unspecified atom stereocenters. The summed E-state index contributed by atoms with van der Waals surface area (Å²) in [6, 6.07) is 0. The summed E-state index contributed by atoms with van der Waals surface area (Å²) in [6.07, 6.45) is 0. The van der Waals surface area contributed by atoms with Crippen molar-refractivity contribution in [2.75, 3.05) is 0 Å². The van der Waals surface area contributed by atoms with Crippen molar-refractivity contribution in [1.29, 1.82) is 0 Å². The van der Waals surface area contributed by atoms with Crippen LogP contribution in [0.15, 0.2) is 0 Å². The predicted octanol–water partition coefficient (Wildman–Crippen LogP) is -9.75. The third-order valence-corrected chi connectivity index (χ3v) is 0. The van der Waals surface area contributed by atoms with Crippen LogP contribution in [0, 0.1) is 0 Å². The smallest absolute Gasteiger partial charge is 1.00 e. The summed E-state index contributed by atoms with van der Waals surface area (Å²) in [7, 11) is 0. The maximum atomic E-state index is 0. The molecule has 0 nitrogen and oxygen atoms in total. The van der Waals surface area contributed by atoms with Crippen LogP contribution in [-0.4, -0.2) is 60.8 Å². The van der Waals surface area contributed by atoms with Crippen LogP contribution in [0.3, 0.4) is 0 Å². The molecule has 0 fully saturated rings. The molecule has 0 atom stereocenters. The van der Waals surface area contributed by atoms with Crippen LogP contribution in [0.2, 0.25) is 0 Å². The van der Waals surface area contributed by atoms with Crippen molar-refractivity contribution in [3.8, 4) is 0 Å². The molecule has 0 aromatic rings. The van der Waals surface area contributed by atoms with Crippen LogP contribution >= 0.6 is 0 Å². The molecule has 0 aliphatic rings. The summed E-state index contributed by atoms with van der Waals surface area (Å²) in [4.78, 5) is 0. The molecule has 0 saturated carbocycles. The second-order valence-corrected chi connectivity index (χ2v) is 0. The zero-order valence-corrected chi connectivity index (χ0v) is 10.3. The average molecular weight is 158 g/mol. The van der Waals surface area contributed by atoms with Gasteiger partial charge in [0.25, 0.3) is 0 Å². The molecule has 0 aliphatic heterocycles. The van der Waals surface area contributed by atoms with Crippen LogP contribution in [0.4, 0.5) is 0 Å². The summed E-state index contributed by atoms with van der Waals surface area (Å²) < 4.78 is 0. The molecule has 0 bridgehead atoms. The number of halogens is 2. The summed E-state index contributed by atoms with van der Waals surface area (Å²) in [5, 5.41) is 0. The van der Waals surface area contributed by atoms with Crippen molar-refractivity contribution in [3.05, 3.63) is 0 Å². The molecule has 0 amide bonds. The molecular weight excluding hydrogens is 158 g/mol. The fourth-order valence-electron chi connectivity index (χ4n) is 0. The van der Waals surface area contributed by atoms with Crippen LogP contribution in [-0.2, 0) is 0 Å². The molecule has 0 saturated heterocycles. The topological polar surface area (TPSA) is 0 Å². The van der Waals surface area contributed by atoms with Gasteiger partial charge in [0.2, 0.25) is 0 Å². The van der Waals surface area contributed by atoms with Gasteiger partial charge in [-0.15, -0.1) is 0 Å². The molecule has 5 heavy (non-hydrogen) atoms. The van der Waals surface area contributed by atoms with E-state index >= 15 is 0 Å². The Morgan fingerprint density at radius 3 is 0.800 bits per heavy atom. The predicted molar refractivity (Wildman–Crippen MR) is 11.5 cm³/mol. The monoisotopic (exact) mass is 157 g/mol. The van der Waals surface area contributed by atoms with Crippen molar-refractivity contribution >= 4 is 60.8 Å². The zero-order valence-electron chi connectivity index (χ0n) is 3.17. The van der Waals surface area contributed by atoms with E-state index in [0.29, 0.717) is 0 Å². The van der Waals surface area contributed by atoms with Gasteiger partial charge in [-0.3, -0.25) is 0 Å². The van der Waals surface area contributed by atoms with Gasteiger partial charge in [0.1, 0.15) is 0 Å². The van der Waals surface area contributed by atoms with E-state index in [-0.39, 0.29) is 115 Å². The first-order chi connectivity index (χ1) is 0. The van der Waals surface area contributed by atoms with E-state index in [0.717, 1.165) is 0 Å². The Morgan fingerprint density at radius 1 is 0.800 bits per heavy atom. The normalized spacial score (nSPS) is 0. The minimum Gasteiger partial charge on any atom is -1.00 e. The van der Waals surface area contributed by atoms with Gasteiger partial charge in [-0.25, -0.2) is 0 Å². The first-order valence-electron chi connectivity index (χ1n) is 0. The molecule has 16 valence electrons. The van der Waals surface area contributed by atoms with Gasteiger partial charge >= 0.3 is 90.3 Å². The summed E-state index contributed by atoms with van der Waals surface area (Å²) in [5.74, 6) is 0. The molecule has 0 aliphatic carbocycles. The number of hydrogen-bond donors (Lipinski definition) is 0. The average Bonchev–Trinajstić information content (AvgIpc) is 0. The Bertz CT molecular complexity index is 9.61. The standard InChI is InChI=1S/Ca.2ClH.Mg.Na/h;2*1H;;/q+2;;;+2;+1/p-2. The van der Waals surface area contributed by atoms with Gasteiger partial charge in [-0.2, -0.15) is 0 Å². The molecule has 0 spiro atoms. The van der Waals surface area contributed by atoms with Crippen molar-refractivity contribution in [2.45, 2.75) is 0 Å². The maximum Gasteiger partial charge on any atom is 2.00 e. The van der Waals surface area contributed by atoms with Crippen molar-refractivity contribution in [3.63, 3.8) is 0 Å². The van der Waals surface area contributed by atoms with Gasteiger partial charge in [-0.05, 0) is 0 Å². The van der Waals surface area contributed by atoms with Crippen molar-refractivity contribution < 1.29 is 54.4 Å². The first-order valence-corrected chi connectivity index (χ1v) is 0. The van der Waals surface area contributed by atoms with Crippen molar-refractivity contribution in [2.24, 2.45) is 0 Å². The molecule has 0 aromatic carbocycles. The van der Waals surface area contributed by atoms with E-state index in [1.165, 1.54) is 0 Å². The largest absolute Gasteiger partial charge is 2.00 e. The first kappa shape index (κ1) is 38.3. The van der Waals surface area contributed by atoms with E-state index in [4.69, 9.17) is 0 Å². The second-order valence-electron chi connectivity index (χ2n) is 0. The maximum absolute atomic E-state index is 0. The van der Waals surface area contributed by atoms with Crippen LogP contribution in [0.25, 0.3) is 0 Å². The third kappa shape index (κ3) is 18.4. The van der Waals surface area contributed by atoms with Crippen LogP contribution in [0.1, 0.15) is 0 Å². The van der Waals surface area contributed by atoms with Gasteiger partial charge in [0, 0.05) is 0 Å². The summed E-state index contributed by atoms with van der Waals surface area (Å²) >= 11 is 0. The van der Waals surface area contributed by atoms with E-state index in [2.05, 4.69) is 0 Å². The van der Waals surface area contributed by atoms with Gasteiger partial charge in [-0.1, -0.05) is 0 Å². The number of rotatable bonds is 0. The Kier molecular flexibility index (Phi) is 195. The van der Waals surface area contributed by atoms with Gasteiger partial charge in [0.15, 0.2) is 0 Å². The van der Waals surface area contributed by atoms with Crippen molar-refractivity contribution in [1.82, 2.24) is 0 Å². The van der Waals surface area contributed by atoms with Crippen LogP contribution < -0.4 is 54.4 Å². The third-order valence-electron chi connectivity index (χ3n) is 0. The summed E-state index contributed by atoms with van der Waals surface area (Å²) in [6.45, 7) is 0. The minimum atomic E-state index is 0. The quantitative estimate of drug-likeness (QED) is 0.307. The minimum absolute atomic E-state index is 0. The molecule has 0 rings (SSSR count). The molecular formula is CaCl2MgNa+3. The van der Waals surface area contributed by atoms with Gasteiger partial charge in [0.05, 0.1) is 0 Å². The Balaban J connectivity index is 0. The van der Waals surface area contributed by atoms with E-state index in [1.54, 1.807) is 0 Å². The molecule has 0 aromatic heterocycles. The molecule has 0 radical (unpaired) electrons. The Hall–Kier alpha value is 3.61. The Morgan fingerprint density at radius 2 is 0.800 bits per heavy atom. The molecule has 5 heteroatoms. The van der Waals surface area contributed by atoms with Gasteiger partial charge < -0.3 is 24.8 Å². The second kappa shape index (κ2) is 25.5. The number of hydrogen-bond acceptors (Lipinski definition) is 0. The molecule has 0 N–H and O–H groups in total. The van der Waals surface area contributed by atoms with E-state index in [1.807, 2.05) is 0 Å².